The number of guanidine groups is 1. The minimum atomic E-state index is 0.473. The van der Waals surface area contributed by atoms with E-state index in [1.165, 1.54) is 5.00 Å². The second-order valence-corrected chi connectivity index (χ2v) is 7.42. The Balaban J connectivity index is 1.55. The third kappa shape index (κ3) is 4.78. The summed E-state index contributed by atoms with van der Waals surface area (Å²) in [7, 11) is 0. The molecule has 0 atom stereocenters. The van der Waals surface area contributed by atoms with Gasteiger partial charge in [-0.2, -0.15) is 0 Å². The van der Waals surface area contributed by atoms with Gasteiger partial charge in [-0.25, -0.2) is 4.99 Å². The molecular weight excluding hydrogens is 332 g/mol. The number of aliphatic imine (C=N–C) groups is 1. The molecule has 136 valence electrons. The predicted octanol–water partition coefficient (Wildman–Crippen LogP) is 3.68. The maximum atomic E-state index is 5.59. The maximum Gasteiger partial charge on any atom is 0.191 e. The highest BCUT2D eigenvalue weighted by atomic mass is 32.1. The Bertz CT molecular complexity index is 684. The molecule has 0 amide bonds. The summed E-state index contributed by atoms with van der Waals surface area (Å²) >= 11 is 1.82. The van der Waals surface area contributed by atoms with E-state index in [0.29, 0.717) is 12.6 Å². The van der Waals surface area contributed by atoms with E-state index in [4.69, 9.17) is 9.41 Å². The molecule has 3 heterocycles. The summed E-state index contributed by atoms with van der Waals surface area (Å²) in [6.45, 7) is 9.78. The lowest BCUT2D eigenvalue weighted by Crippen LogP contribution is -2.48. The minimum absolute atomic E-state index is 0.473. The predicted molar refractivity (Wildman–Crippen MR) is 106 cm³/mol. The quantitative estimate of drug-likeness (QED) is 0.631. The Morgan fingerprint density at radius 2 is 2.16 bits per heavy atom. The molecule has 0 unspecified atom stereocenters. The van der Waals surface area contributed by atoms with Crippen molar-refractivity contribution in [1.82, 2.24) is 10.6 Å². The molecule has 2 aromatic rings. The smallest absolute Gasteiger partial charge is 0.191 e. The fourth-order valence-corrected chi connectivity index (χ4v) is 4.00. The normalized spacial score (nSPS) is 16.3. The SMILES string of the molecule is CCNC(=NCc1cc(C)oc1C)NC1CCN(c2cccs2)CC1. The number of thiophene rings is 1. The average molecular weight is 361 g/mol. The number of hydrogen-bond acceptors (Lipinski definition) is 4. The zero-order chi connectivity index (χ0) is 17.6. The van der Waals surface area contributed by atoms with Gasteiger partial charge in [-0.1, -0.05) is 0 Å². The first-order valence-corrected chi connectivity index (χ1v) is 9.93. The fraction of sp³-hybridized carbons (Fsp3) is 0.526. The van der Waals surface area contributed by atoms with Crippen molar-refractivity contribution in [3.05, 3.63) is 40.7 Å². The van der Waals surface area contributed by atoms with Crippen LogP contribution in [0.1, 0.15) is 36.8 Å². The van der Waals surface area contributed by atoms with Crippen molar-refractivity contribution < 1.29 is 4.42 Å². The summed E-state index contributed by atoms with van der Waals surface area (Å²) in [5, 5.41) is 10.5. The third-order valence-corrected chi connectivity index (χ3v) is 5.48. The highest BCUT2D eigenvalue weighted by Crippen LogP contribution is 2.24. The van der Waals surface area contributed by atoms with Crippen LogP contribution < -0.4 is 15.5 Å². The van der Waals surface area contributed by atoms with Gasteiger partial charge in [0.25, 0.3) is 0 Å². The molecule has 0 aromatic carbocycles. The summed E-state index contributed by atoms with van der Waals surface area (Å²) in [4.78, 5) is 7.22. The van der Waals surface area contributed by atoms with Gasteiger partial charge in [0.15, 0.2) is 5.96 Å². The molecule has 5 nitrogen and oxygen atoms in total. The van der Waals surface area contributed by atoms with Crippen molar-refractivity contribution in [2.24, 2.45) is 4.99 Å². The van der Waals surface area contributed by atoms with E-state index in [9.17, 15) is 0 Å². The Hall–Kier alpha value is -1.95. The first kappa shape index (κ1) is 17.9. The van der Waals surface area contributed by atoms with Gasteiger partial charge in [-0.15, -0.1) is 11.3 Å². The number of rotatable bonds is 5. The van der Waals surface area contributed by atoms with Crippen molar-refractivity contribution in [2.75, 3.05) is 24.5 Å². The molecule has 6 heteroatoms. The zero-order valence-electron chi connectivity index (χ0n) is 15.3. The van der Waals surface area contributed by atoms with Gasteiger partial charge < -0.3 is 20.0 Å². The van der Waals surface area contributed by atoms with E-state index in [-0.39, 0.29) is 0 Å². The van der Waals surface area contributed by atoms with Gasteiger partial charge in [0.1, 0.15) is 11.5 Å². The number of nitrogens with zero attached hydrogens (tertiary/aromatic N) is 2. The van der Waals surface area contributed by atoms with Gasteiger partial charge in [0, 0.05) is 31.2 Å². The van der Waals surface area contributed by atoms with Crippen molar-refractivity contribution in [3.8, 4) is 0 Å². The van der Waals surface area contributed by atoms with Crippen LogP contribution in [0.3, 0.4) is 0 Å². The highest BCUT2D eigenvalue weighted by Gasteiger charge is 2.20. The molecule has 2 N–H and O–H groups in total. The first-order chi connectivity index (χ1) is 12.2. The summed E-state index contributed by atoms with van der Waals surface area (Å²) in [5.41, 5.74) is 1.15. The lowest BCUT2D eigenvalue weighted by molar-refractivity contribution is 0.462. The van der Waals surface area contributed by atoms with Crippen molar-refractivity contribution in [1.29, 1.82) is 0 Å². The van der Waals surface area contributed by atoms with E-state index in [1.54, 1.807) is 0 Å². The number of piperidine rings is 1. The number of furan rings is 1. The second-order valence-electron chi connectivity index (χ2n) is 6.49. The summed E-state index contributed by atoms with van der Waals surface area (Å²) < 4.78 is 5.59. The molecule has 0 saturated carbocycles. The highest BCUT2D eigenvalue weighted by molar-refractivity contribution is 7.14. The van der Waals surface area contributed by atoms with Crippen molar-refractivity contribution in [2.45, 2.75) is 46.2 Å². The van der Waals surface area contributed by atoms with Crippen LogP contribution in [-0.4, -0.2) is 31.6 Å². The Labute approximate surface area is 154 Å². The minimum Gasteiger partial charge on any atom is -0.466 e. The maximum absolute atomic E-state index is 5.59. The molecule has 2 aromatic heterocycles. The molecule has 0 aliphatic carbocycles. The summed E-state index contributed by atoms with van der Waals surface area (Å²) in [5.74, 6) is 2.80. The largest absolute Gasteiger partial charge is 0.466 e. The fourth-order valence-electron chi connectivity index (χ4n) is 3.21. The molecule has 1 aliphatic rings. The van der Waals surface area contributed by atoms with Gasteiger partial charge in [-0.3, -0.25) is 0 Å². The number of hydrogen-bond donors (Lipinski definition) is 2. The van der Waals surface area contributed by atoms with Crippen LogP contribution in [-0.2, 0) is 6.54 Å². The standard InChI is InChI=1S/C19H28N4OS/c1-4-20-19(21-13-16-12-14(2)24-15(16)3)22-17-7-9-23(10-8-17)18-6-5-11-25-18/h5-6,11-12,17H,4,7-10,13H2,1-3H3,(H2,20,21,22). The molecule has 1 aliphatic heterocycles. The van der Waals surface area contributed by atoms with Gasteiger partial charge in [0.2, 0.25) is 0 Å². The lowest BCUT2D eigenvalue weighted by atomic mass is 10.1. The van der Waals surface area contributed by atoms with Crippen LogP contribution in [0.4, 0.5) is 5.00 Å². The van der Waals surface area contributed by atoms with E-state index < -0.39 is 0 Å². The van der Waals surface area contributed by atoms with Crippen molar-refractivity contribution >= 4 is 22.3 Å². The van der Waals surface area contributed by atoms with E-state index in [2.05, 4.69) is 46.0 Å². The van der Waals surface area contributed by atoms with Gasteiger partial charge in [0.05, 0.1) is 11.5 Å². The van der Waals surface area contributed by atoms with Gasteiger partial charge in [-0.05, 0) is 57.2 Å². The molecular formula is C19H28N4OS. The molecule has 3 rings (SSSR count). The lowest BCUT2D eigenvalue weighted by Gasteiger charge is -2.33. The number of nitrogens with one attached hydrogen (secondary N) is 2. The van der Waals surface area contributed by atoms with Crippen LogP contribution >= 0.6 is 11.3 Å². The molecule has 1 fully saturated rings. The second kappa shape index (κ2) is 8.43. The Morgan fingerprint density at radius 1 is 1.36 bits per heavy atom. The van der Waals surface area contributed by atoms with Crippen LogP contribution in [0.2, 0.25) is 0 Å². The molecule has 0 bridgehead atoms. The van der Waals surface area contributed by atoms with Crippen molar-refractivity contribution in [3.63, 3.8) is 0 Å². The number of anilines is 1. The van der Waals surface area contributed by atoms with Gasteiger partial charge >= 0.3 is 0 Å². The zero-order valence-corrected chi connectivity index (χ0v) is 16.2. The van der Waals surface area contributed by atoms with Crippen LogP contribution in [0.25, 0.3) is 0 Å². The van der Waals surface area contributed by atoms with E-state index in [1.807, 2.05) is 25.2 Å². The Morgan fingerprint density at radius 3 is 2.76 bits per heavy atom. The topological polar surface area (TPSA) is 52.8 Å². The Kier molecular flexibility index (Phi) is 6.02. The molecule has 1 saturated heterocycles. The average Bonchev–Trinajstić information content (AvgIpc) is 3.23. The van der Waals surface area contributed by atoms with Crippen LogP contribution in [0, 0.1) is 13.8 Å². The van der Waals surface area contributed by atoms with E-state index >= 15 is 0 Å². The van der Waals surface area contributed by atoms with E-state index in [0.717, 1.165) is 55.5 Å². The summed E-state index contributed by atoms with van der Waals surface area (Å²) in [6, 6.07) is 6.88. The molecule has 0 spiro atoms. The van der Waals surface area contributed by atoms with Crippen LogP contribution in [0.5, 0.6) is 0 Å². The molecule has 0 radical (unpaired) electrons. The third-order valence-electron chi connectivity index (χ3n) is 4.55. The summed E-state index contributed by atoms with van der Waals surface area (Å²) in [6.07, 6.45) is 2.26. The number of aryl methyl sites for hydroxylation is 2. The first-order valence-electron chi connectivity index (χ1n) is 9.05. The monoisotopic (exact) mass is 360 g/mol. The van der Waals surface area contributed by atoms with Crippen LogP contribution in [0.15, 0.2) is 33.0 Å². The molecule has 25 heavy (non-hydrogen) atoms.